The minimum absolute atomic E-state index is 0.0161. The van der Waals surface area contributed by atoms with Gasteiger partial charge in [0.1, 0.15) is 0 Å². The molecule has 1 heterocycles. The monoisotopic (exact) mass is 294 g/mol. The van der Waals surface area contributed by atoms with Crippen LogP contribution in [0, 0.1) is 6.92 Å². The molecular weight excluding hydrogens is 276 g/mol. The van der Waals surface area contributed by atoms with E-state index in [-0.39, 0.29) is 6.04 Å². The zero-order valence-corrected chi connectivity index (χ0v) is 12.8. The molecule has 3 heteroatoms. The highest BCUT2D eigenvalue weighted by Gasteiger charge is 2.10. The molecule has 1 aromatic heterocycles. The van der Waals surface area contributed by atoms with Crippen LogP contribution in [-0.4, -0.2) is 10.7 Å². The van der Waals surface area contributed by atoms with Gasteiger partial charge in [-0.3, -0.25) is 4.98 Å². The highest BCUT2D eigenvalue weighted by atomic mass is 32.2. The van der Waals surface area contributed by atoms with Crippen LogP contribution in [0.3, 0.4) is 0 Å². The SMILES string of the molecule is Cc1ccc(SCC(N)c2cccc3cnccc23)cc1. The number of nitrogens with zero attached hydrogens (tertiary/aromatic N) is 1. The van der Waals surface area contributed by atoms with Crippen LogP contribution >= 0.6 is 11.8 Å². The number of fused-ring (bicyclic) bond motifs is 1. The summed E-state index contributed by atoms with van der Waals surface area (Å²) in [6.45, 7) is 2.10. The second kappa shape index (κ2) is 6.29. The minimum atomic E-state index is 0.0161. The molecule has 0 aliphatic carbocycles. The average molecular weight is 294 g/mol. The minimum Gasteiger partial charge on any atom is -0.323 e. The van der Waals surface area contributed by atoms with Crippen molar-refractivity contribution in [3.8, 4) is 0 Å². The number of pyridine rings is 1. The second-order valence-electron chi connectivity index (χ2n) is 5.17. The lowest BCUT2D eigenvalue weighted by molar-refractivity contribution is 0.840. The molecule has 0 spiro atoms. The van der Waals surface area contributed by atoms with Gasteiger partial charge in [0.05, 0.1) is 0 Å². The molecule has 0 bridgehead atoms. The number of nitrogens with two attached hydrogens (primary N) is 1. The topological polar surface area (TPSA) is 38.9 Å². The van der Waals surface area contributed by atoms with E-state index in [1.807, 2.05) is 18.5 Å². The van der Waals surface area contributed by atoms with Gasteiger partial charge in [0.15, 0.2) is 0 Å². The van der Waals surface area contributed by atoms with Gasteiger partial charge in [-0.1, -0.05) is 35.9 Å². The number of thioether (sulfide) groups is 1. The molecule has 3 rings (SSSR count). The second-order valence-corrected chi connectivity index (χ2v) is 6.27. The van der Waals surface area contributed by atoms with Crippen molar-refractivity contribution in [3.63, 3.8) is 0 Å². The maximum atomic E-state index is 6.40. The molecule has 2 N–H and O–H groups in total. The Kier molecular flexibility index (Phi) is 4.23. The van der Waals surface area contributed by atoms with E-state index in [0.29, 0.717) is 0 Å². The lowest BCUT2D eigenvalue weighted by Crippen LogP contribution is -2.13. The van der Waals surface area contributed by atoms with E-state index < -0.39 is 0 Å². The smallest absolute Gasteiger partial charge is 0.0396 e. The summed E-state index contributed by atoms with van der Waals surface area (Å²) in [4.78, 5) is 5.43. The molecule has 0 fully saturated rings. The van der Waals surface area contributed by atoms with Crippen molar-refractivity contribution in [3.05, 3.63) is 72.1 Å². The molecule has 0 amide bonds. The Morgan fingerprint density at radius 2 is 1.90 bits per heavy atom. The fourth-order valence-corrected chi connectivity index (χ4v) is 3.26. The third kappa shape index (κ3) is 3.26. The number of hydrogen-bond acceptors (Lipinski definition) is 3. The van der Waals surface area contributed by atoms with Crippen LogP contribution in [0.4, 0.5) is 0 Å². The van der Waals surface area contributed by atoms with Crippen molar-refractivity contribution in [2.75, 3.05) is 5.75 Å². The Morgan fingerprint density at radius 1 is 1.10 bits per heavy atom. The molecule has 0 radical (unpaired) electrons. The molecular formula is C18H18N2S. The first-order valence-electron chi connectivity index (χ1n) is 7.02. The highest BCUT2D eigenvalue weighted by molar-refractivity contribution is 7.99. The van der Waals surface area contributed by atoms with Gasteiger partial charge in [0.25, 0.3) is 0 Å². The third-order valence-corrected chi connectivity index (χ3v) is 4.70. The summed E-state index contributed by atoms with van der Waals surface area (Å²) >= 11 is 1.80. The molecule has 0 aliphatic rings. The Morgan fingerprint density at radius 3 is 2.71 bits per heavy atom. The summed E-state index contributed by atoms with van der Waals surface area (Å²) < 4.78 is 0. The van der Waals surface area contributed by atoms with E-state index in [0.717, 1.165) is 11.1 Å². The van der Waals surface area contributed by atoms with Gasteiger partial charge in [-0.15, -0.1) is 11.8 Å². The summed E-state index contributed by atoms with van der Waals surface area (Å²) in [7, 11) is 0. The summed E-state index contributed by atoms with van der Waals surface area (Å²) in [5.41, 5.74) is 8.87. The van der Waals surface area contributed by atoms with Crippen LogP contribution in [0.15, 0.2) is 65.8 Å². The van der Waals surface area contributed by atoms with E-state index >= 15 is 0 Å². The van der Waals surface area contributed by atoms with Gasteiger partial charge in [-0.05, 0) is 36.1 Å². The normalized spacial score (nSPS) is 12.5. The number of hydrogen-bond donors (Lipinski definition) is 1. The quantitative estimate of drug-likeness (QED) is 0.728. The summed E-state index contributed by atoms with van der Waals surface area (Å²) in [6, 6.07) is 16.9. The molecule has 2 aromatic carbocycles. The van der Waals surface area contributed by atoms with Crippen molar-refractivity contribution in [2.45, 2.75) is 17.9 Å². The van der Waals surface area contributed by atoms with Gasteiger partial charge >= 0.3 is 0 Å². The molecule has 2 nitrogen and oxygen atoms in total. The molecule has 3 aromatic rings. The Hall–Kier alpha value is -1.84. The van der Waals surface area contributed by atoms with E-state index in [1.54, 1.807) is 11.8 Å². The van der Waals surface area contributed by atoms with Crippen molar-refractivity contribution < 1.29 is 0 Å². The average Bonchev–Trinajstić information content (AvgIpc) is 2.53. The Labute approximate surface area is 129 Å². The van der Waals surface area contributed by atoms with Gasteiger partial charge in [-0.25, -0.2) is 0 Å². The van der Waals surface area contributed by atoms with E-state index in [9.17, 15) is 0 Å². The summed E-state index contributed by atoms with van der Waals surface area (Å²) in [5, 5.41) is 2.34. The third-order valence-electron chi connectivity index (χ3n) is 3.56. The van der Waals surface area contributed by atoms with Crippen LogP contribution in [0.1, 0.15) is 17.2 Å². The lowest BCUT2D eigenvalue weighted by Gasteiger charge is -2.14. The molecule has 0 saturated heterocycles. The van der Waals surface area contributed by atoms with Crippen molar-refractivity contribution in [1.82, 2.24) is 4.98 Å². The zero-order chi connectivity index (χ0) is 14.7. The van der Waals surface area contributed by atoms with Crippen LogP contribution in [0.25, 0.3) is 10.8 Å². The Bertz CT molecular complexity index is 732. The van der Waals surface area contributed by atoms with Crippen LogP contribution in [0.2, 0.25) is 0 Å². The Balaban J connectivity index is 1.78. The molecule has 0 saturated carbocycles. The largest absolute Gasteiger partial charge is 0.323 e. The molecule has 1 unspecified atom stereocenters. The van der Waals surface area contributed by atoms with Crippen LogP contribution in [0.5, 0.6) is 0 Å². The standard InChI is InChI=1S/C18H18N2S/c1-13-5-7-15(8-6-13)21-12-18(19)17-4-2-3-14-11-20-10-9-16(14)17/h2-11,18H,12,19H2,1H3. The van der Waals surface area contributed by atoms with E-state index in [4.69, 9.17) is 5.73 Å². The van der Waals surface area contributed by atoms with Gasteiger partial charge < -0.3 is 5.73 Å². The number of rotatable bonds is 4. The predicted octanol–water partition coefficient (Wildman–Crippen LogP) is 4.34. The van der Waals surface area contributed by atoms with Gasteiger partial charge in [-0.2, -0.15) is 0 Å². The molecule has 0 aliphatic heterocycles. The molecule has 106 valence electrons. The maximum absolute atomic E-state index is 6.40. The summed E-state index contributed by atoms with van der Waals surface area (Å²) in [5.74, 6) is 0.866. The number of aromatic nitrogens is 1. The maximum Gasteiger partial charge on any atom is 0.0396 e. The van der Waals surface area contributed by atoms with Gasteiger partial charge in [0.2, 0.25) is 0 Å². The lowest BCUT2D eigenvalue weighted by atomic mass is 10.0. The fraction of sp³-hybridized carbons (Fsp3) is 0.167. The fourth-order valence-electron chi connectivity index (χ4n) is 2.38. The highest BCUT2D eigenvalue weighted by Crippen LogP contribution is 2.27. The molecule has 1 atom stereocenters. The molecule has 21 heavy (non-hydrogen) atoms. The summed E-state index contributed by atoms with van der Waals surface area (Å²) in [6.07, 6.45) is 3.71. The first kappa shape index (κ1) is 14.1. The van der Waals surface area contributed by atoms with Crippen molar-refractivity contribution >= 4 is 22.5 Å². The first-order valence-corrected chi connectivity index (χ1v) is 8.00. The van der Waals surface area contributed by atoms with Gasteiger partial charge in [0, 0.05) is 34.5 Å². The van der Waals surface area contributed by atoms with Crippen molar-refractivity contribution in [1.29, 1.82) is 0 Å². The van der Waals surface area contributed by atoms with E-state index in [1.165, 1.54) is 21.4 Å². The number of benzene rings is 2. The zero-order valence-electron chi connectivity index (χ0n) is 12.0. The van der Waals surface area contributed by atoms with Crippen LogP contribution < -0.4 is 5.73 Å². The number of aryl methyl sites for hydroxylation is 1. The van der Waals surface area contributed by atoms with Crippen LogP contribution in [-0.2, 0) is 0 Å². The predicted molar refractivity (Wildman–Crippen MR) is 90.6 cm³/mol. The first-order chi connectivity index (χ1) is 10.2. The van der Waals surface area contributed by atoms with Crippen molar-refractivity contribution in [2.24, 2.45) is 5.73 Å². The van der Waals surface area contributed by atoms with E-state index in [2.05, 4.69) is 54.4 Å².